The Bertz CT molecular complexity index is 712. The smallest absolute Gasteiger partial charge is 0.328 e. The minimum absolute atomic E-state index is 0.195. The number of H-pyrrole nitrogens is 1. The predicted molar refractivity (Wildman–Crippen MR) is 79.1 cm³/mol. The Morgan fingerprint density at radius 2 is 2.23 bits per heavy atom. The van der Waals surface area contributed by atoms with Crippen molar-refractivity contribution in [3.63, 3.8) is 0 Å². The van der Waals surface area contributed by atoms with E-state index in [4.69, 9.17) is 4.74 Å². The second-order valence-corrected chi connectivity index (χ2v) is 5.63. The number of carbonyl (C=O) groups is 2. The van der Waals surface area contributed by atoms with Crippen LogP contribution < -0.4 is 0 Å². The Morgan fingerprint density at radius 3 is 3.00 bits per heavy atom. The molecule has 0 bridgehead atoms. The molecule has 2 aromatic rings. The summed E-state index contributed by atoms with van der Waals surface area (Å²) >= 11 is 0. The van der Waals surface area contributed by atoms with Gasteiger partial charge in [-0.15, -0.1) is 0 Å². The van der Waals surface area contributed by atoms with Crippen LogP contribution >= 0.6 is 0 Å². The molecule has 3 rings (SSSR count). The van der Waals surface area contributed by atoms with Crippen molar-refractivity contribution in [1.82, 2.24) is 19.9 Å². The SMILES string of the molecule is COC(=O)C1CC(C)CCN1C(=O)c1ccnc2nc[nH]c12. The molecular weight excluding hydrogens is 284 g/mol. The van der Waals surface area contributed by atoms with Gasteiger partial charge in [0.05, 0.1) is 24.5 Å². The molecule has 0 saturated carbocycles. The summed E-state index contributed by atoms with van der Waals surface area (Å²) in [6.45, 7) is 2.62. The molecule has 2 aromatic heterocycles. The fourth-order valence-electron chi connectivity index (χ4n) is 2.93. The molecule has 3 heterocycles. The maximum atomic E-state index is 12.9. The second kappa shape index (κ2) is 5.75. The van der Waals surface area contributed by atoms with Gasteiger partial charge in [-0.1, -0.05) is 6.92 Å². The van der Waals surface area contributed by atoms with Crippen molar-refractivity contribution < 1.29 is 14.3 Å². The van der Waals surface area contributed by atoms with Crippen LogP contribution in [0.3, 0.4) is 0 Å². The number of amides is 1. The molecule has 1 N–H and O–H groups in total. The lowest BCUT2D eigenvalue weighted by Crippen LogP contribution is -2.50. The lowest BCUT2D eigenvalue weighted by Gasteiger charge is -2.36. The highest BCUT2D eigenvalue weighted by molar-refractivity contribution is 6.05. The van der Waals surface area contributed by atoms with Crippen LogP contribution in [0, 0.1) is 5.92 Å². The van der Waals surface area contributed by atoms with Crippen molar-refractivity contribution in [2.24, 2.45) is 5.92 Å². The van der Waals surface area contributed by atoms with E-state index in [0.29, 0.717) is 35.6 Å². The van der Waals surface area contributed by atoms with Crippen molar-refractivity contribution in [3.8, 4) is 0 Å². The molecule has 0 aromatic carbocycles. The zero-order valence-electron chi connectivity index (χ0n) is 12.6. The third-order valence-electron chi connectivity index (χ3n) is 4.16. The van der Waals surface area contributed by atoms with Crippen LogP contribution in [0.5, 0.6) is 0 Å². The van der Waals surface area contributed by atoms with E-state index in [2.05, 4.69) is 21.9 Å². The zero-order chi connectivity index (χ0) is 15.7. The molecule has 1 aliphatic rings. The Kier molecular flexibility index (Phi) is 3.79. The lowest BCUT2D eigenvalue weighted by atomic mass is 9.92. The van der Waals surface area contributed by atoms with Crippen molar-refractivity contribution in [2.75, 3.05) is 13.7 Å². The summed E-state index contributed by atoms with van der Waals surface area (Å²) < 4.78 is 4.86. The highest BCUT2D eigenvalue weighted by atomic mass is 16.5. The Hall–Kier alpha value is -2.44. The number of rotatable bonds is 2. The predicted octanol–water partition coefficient (Wildman–Crippen LogP) is 1.37. The number of nitrogens with zero attached hydrogens (tertiary/aromatic N) is 3. The Labute approximate surface area is 127 Å². The quantitative estimate of drug-likeness (QED) is 0.846. The summed E-state index contributed by atoms with van der Waals surface area (Å²) in [4.78, 5) is 37.6. The number of likely N-dealkylation sites (tertiary alicyclic amines) is 1. The molecule has 116 valence electrons. The van der Waals surface area contributed by atoms with Crippen molar-refractivity contribution in [1.29, 1.82) is 0 Å². The Morgan fingerprint density at radius 1 is 1.41 bits per heavy atom. The standard InChI is InChI=1S/C15H18N4O3/c1-9-4-6-19(11(7-9)15(21)22-2)14(20)10-3-5-16-13-12(10)17-8-18-13/h3,5,8-9,11H,4,6-7H2,1-2H3,(H,16,17,18). The molecule has 0 radical (unpaired) electrons. The van der Waals surface area contributed by atoms with Gasteiger partial charge in [-0.3, -0.25) is 4.79 Å². The van der Waals surface area contributed by atoms with Crippen LogP contribution in [0.1, 0.15) is 30.1 Å². The number of pyridine rings is 1. The normalized spacial score (nSPS) is 21.8. The highest BCUT2D eigenvalue weighted by Gasteiger charge is 2.36. The van der Waals surface area contributed by atoms with Gasteiger partial charge < -0.3 is 14.6 Å². The molecule has 1 aliphatic heterocycles. The van der Waals surface area contributed by atoms with Gasteiger partial charge in [0.15, 0.2) is 5.65 Å². The number of hydrogen-bond donors (Lipinski definition) is 1. The maximum absolute atomic E-state index is 12.9. The van der Waals surface area contributed by atoms with Gasteiger partial charge >= 0.3 is 5.97 Å². The van der Waals surface area contributed by atoms with Gasteiger partial charge in [0.25, 0.3) is 5.91 Å². The van der Waals surface area contributed by atoms with Crippen molar-refractivity contribution in [2.45, 2.75) is 25.8 Å². The van der Waals surface area contributed by atoms with E-state index < -0.39 is 6.04 Å². The molecule has 2 atom stereocenters. The van der Waals surface area contributed by atoms with E-state index in [-0.39, 0.29) is 11.9 Å². The number of fused-ring (bicyclic) bond motifs is 1. The molecule has 1 amide bonds. The average molecular weight is 302 g/mol. The molecule has 22 heavy (non-hydrogen) atoms. The number of esters is 1. The first kappa shape index (κ1) is 14.5. The largest absolute Gasteiger partial charge is 0.467 e. The molecule has 2 unspecified atom stereocenters. The van der Waals surface area contributed by atoms with Crippen LogP contribution in [0.25, 0.3) is 11.2 Å². The van der Waals surface area contributed by atoms with Crippen LogP contribution in [-0.2, 0) is 9.53 Å². The molecule has 0 spiro atoms. The first-order valence-corrected chi connectivity index (χ1v) is 7.28. The number of nitrogens with one attached hydrogen (secondary N) is 1. The molecule has 7 nitrogen and oxygen atoms in total. The van der Waals surface area contributed by atoms with Gasteiger partial charge in [-0.25, -0.2) is 14.8 Å². The van der Waals surface area contributed by atoms with Gasteiger partial charge in [-0.05, 0) is 24.8 Å². The molecule has 1 fully saturated rings. The highest BCUT2D eigenvalue weighted by Crippen LogP contribution is 2.26. The number of aromatic amines is 1. The number of ether oxygens (including phenoxy) is 1. The third kappa shape index (κ3) is 2.43. The summed E-state index contributed by atoms with van der Waals surface area (Å²) in [7, 11) is 1.35. The number of carbonyl (C=O) groups excluding carboxylic acids is 2. The number of piperidine rings is 1. The Balaban J connectivity index is 1.95. The summed E-state index contributed by atoms with van der Waals surface area (Å²) in [5.41, 5.74) is 1.56. The summed E-state index contributed by atoms with van der Waals surface area (Å²) in [6, 6.07) is 1.11. The summed E-state index contributed by atoms with van der Waals surface area (Å²) in [6.07, 6.45) is 4.55. The summed E-state index contributed by atoms with van der Waals surface area (Å²) in [5.74, 6) is -0.175. The fraction of sp³-hybridized carbons (Fsp3) is 0.467. The lowest BCUT2D eigenvalue weighted by molar-refractivity contribution is -0.147. The van der Waals surface area contributed by atoms with E-state index in [9.17, 15) is 9.59 Å². The van der Waals surface area contributed by atoms with E-state index in [1.807, 2.05) is 0 Å². The fourth-order valence-corrected chi connectivity index (χ4v) is 2.93. The van der Waals surface area contributed by atoms with E-state index in [1.54, 1.807) is 17.2 Å². The average Bonchev–Trinajstić information content (AvgIpc) is 3.01. The molecule has 1 saturated heterocycles. The molecule has 0 aliphatic carbocycles. The van der Waals surface area contributed by atoms with Gasteiger partial charge in [0.2, 0.25) is 0 Å². The van der Waals surface area contributed by atoms with Gasteiger partial charge in [0, 0.05) is 12.7 Å². The summed E-state index contributed by atoms with van der Waals surface area (Å²) in [5, 5.41) is 0. The van der Waals surface area contributed by atoms with Crippen LogP contribution in [0.2, 0.25) is 0 Å². The van der Waals surface area contributed by atoms with E-state index in [1.165, 1.54) is 13.4 Å². The van der Waals surface area contributed by atoms with Crippen LogP contribution in [0.15, 0.2) is 18.6 Å². The zero-order valence-corrected chi connectivity index (χ0v) is 12.6. The maximum Gasteiger partial charge on any atom is 0.328 e. The first-order valence-electron chi connectivity index (χ1n) is 7.28. The van der Waals surface area contributed by atoms with Gasteiger partial charge in [0.1, 0.15) is 6.04 Å². The second-order valence-electron chi connectivity index (χ2n) is 5.63. The third-order valence-corrected chi connectivity index (χ3v) is 4.16. The number of hydrogen-bond acceptors (Lipinski definition) is 5. The minimum atomic E-state index is -0.535. The topological polar surface area (TPSA) is 88.2 Å². The van der Waals surface area contributed by atoms with Crippen molar-refractivity contribution in [3.05, 3.63) is 24.2 Å². The monoisotopic (exact) mass is 302 g/mol. The minimum Gasteiger partial charge on any atom is -0.467 e. The van der Waals surface area contributed by atoms with Crippen LogP contribution in [-0.4, -0.2) is 51.4 Å². The van der Waals surface area contributed by atoms with E-state index in [0.717, 1.165) is 6.42 Å². The number of methoxy groups -OCH3 is 1. The van der Waals surface area contributed by atoms with E-state index >= 15 is 0 Å². The molecule has 7 heteroatoms. The number of aromatic nitrogens is 3. The number of imidazole rings is 1. The van der Waals surface area contributed by atoms with Crippen LogP contribution in [0.4, 0.5) is 0 Å². The van der Waals surface area contributed by atoms with Gasteiger partial charge in [-0.2, -0.15) is 0 Å². The molecular formula is C15H18N4O3. The first-order chi connectivity index (χ1) is 10.6. The van der Waals surface area contributed by atoms with Crippen molar-refractivity contribution >= 4 is 23.0 Å².